The summed E-state index contributed by atoms with van der Waals surface area (Å²) in [6.45, 7) is 7.93. The molecule has 0 fully saturated rings. The Balaban J connectivity index is 1.96. The Morgan fingerprint density at radius 3 is 2.20 bits per heavy atom. The maximum Gasteiger partial charge on any atom is 0.266 e. The first kappa shape index (κ1) is 25.3. The van der Waals surface area contributed by atoms with Crippen molar-refractivity contribution in [3.05, 3.63) is 99.0 Å². The lowest BCUT2D eigenvalue weighted by Crippen LogP contribution is -2.39. The number of hydrogen-bond acceptors (Lipinski definition) is 4. The zero-order chi connectivity index (χ0) is 25.3. The van der Waals surface area contributed by atoms with E-state index >= 15 is 0 Å². The van der Waals surface area contributed by atoms with Gasteiger partial charge in [-0.25, -0.2) is 13.4 Å². The van der Waals surface area contributed by atoms with Gasteiger partial charge < -0.3 is 0 Å². The van der Waals surface area contributed by atoms with Crippen LogP contribution in [0.25, 0.3) is 16.6 Å². The lowest BCUT2D eigenvalue weighted by molar-refractivity contribution is 0.296. The van der Waals surface area contributed by atoms with E-state index in [-0.39, 0.29) is 22.9 Å². The third-order valence-electron chi connectivity index (χ3n) is 5.86. The fraction of sp³-hybridized carbons (Fsp3) is 0.259. The molecule has 0 bridgehead atoms. The average molecular weight is 555 g/mol. The highest BCUT2D eigenvalue weighted by atomic mass is 79.9. The molecule has 0 radical (unpaired) electrons. The van der Waals surface area contributed by atoms with Crippen molar-refractivity contribution in [2.24, 2.45) is 5.92 Å². The van der Waals surface area contributed by atoms with Gasteiger partial charge in [0, 0.05) is 11.0 Å². The van der Waals surface area contributed by atoms with Crippen molar-refractivity contribution in [1.82, 2.24) is 13.9 Å². The van der Waals surface area contributed by atoms with Crippen molar-refractivity contribution >= 4 is 36.9 Å². The van der Waals surface area contributed by atoms with Crippen LogP contribution in [0.4, 0.5) is 0 Å². The average Bonchev–Trinajstić information content (AvgIpc) is 2.83. The fourth-order valence-corrected chi connectivity index (χ4v) is 6.09. The number of aryl methyl sites for hydroxylation is 1. The Kier molecular flexibility index (Phi) is 7.26. The SMILES string of the molecule is Cc1ccc(S(=O)(=O)N(CC(C)C)C(C)c2nc3ccccc3c(=O)n2-c2ccc(Br)cc2)cc1. The second kappa shape index (κ2) is 10.0. The molecule has 0 amide bonds. The lowest BCUT2D eigenvalue weighted by Gasteiger charge is -2.31. The first-order chi connectivity index (χ1) is 16.6. The standard InChI is InChI=1S/C27H28BrN3O3S/c1-18(2)17-30(35(33,34)23-15-9-19(3)10-16-23)20(4)26-29-25-8-6-5-7-24(25)27(32)31(26)22-13-11-21(28)12-14-22/h5-16,18,20H,17H2,1-4H3. The summed E-state index contributed by atoms with van der Waals surface area (Å²) in [5, 5.41) is 0.475. The Hall–Kier alpha value is -2.81. The van der Waals surface area contributed by atoms with Crippen LogP contribution in [0.5, 0.6) is 0 Å². The highest BCUT2D eigenvalue weighted by Crippen LogP contribution is 2.30. The molecule has 3 aromatic carbocycles. The van der Waals surface area contributed by atoms with Crippen molar-refractivity contribution in [3.8, 4) is 5.69 Å². The Morgan fingerprint density at radius 1 is 0.943 bits per heavy atom. The fourth-order valence-electron chi connectivity index (χ4n) is 4.07. The molecule has 6 nitrogen and oxygen atoms in total. The Bertz CT molecular complexity index is 1510. The van der Waals surface area contributed by atoms with Crippen molar-refractivity contribution in [2.45, 2.75) is 38.6 Å². The molecule has 0 spiro atoms. The molecule has 0 saturated heterocycles. The minimum absolute atomic E-state index is 0.0611. The molecular weight excluding hydrogens is 526 g/mol. The van der Waals surface area contributed by atoms with Crippen LogP contribution in [0, 0.1) is 12.8 Å². The molecule has 4 aromatic rings. The van der Waals surface area contributed by atoms with Crippen molar-refractivity contribution in [1.29, 1.82) is 0 Å². The smallest absolute Gasteiger partial charge is 0.266 e. The molecule has 1 heterocycles. The van der Waals surface area contributed by atoms with E-state index in [0.717, 1.165) is 10.0 Å². The molecule has 35 heavy (non-hydrogen) atoms. The summed E-state index contributed by atoms with van der Waals surface area (Å²) >= 11 is 3.44. The van der Waals surface area contributed by atoms with Crippen LogP contribution in [0.15, 0.2) is 87.0 Å². The lowest BCUT2D eigenvalue weighted by atomic mass is 10.1. The van der Waals surface area contributed by atoms with Gasteiger partial charge in [0.2, 0.25) is 10.0 Å². The topological polar surface area (TPSA) is 72.3 Å². The van der Waals surface area contributed by atoms with Crippen LogP contribution in [0.2, 0.25) is 0 Å². The van der Waals surface area contributed by atoms with Crippen molar-refractivity contribution in [3.63, 3.8) is 0 Å². The quantitative estimate of drug-likeness (QED) is 0.287. The number of para-hydroxylation sites is 1. The number of nitrogens with zero attached hydrogens (tertiary/aromatic N) is 3. The van der Waals surface area contributed by atoms with Gasteiger partial charge in [-0.05, 0) is 68.3 Å². The van der Waals surface area contributed by atoms with Crippen LogP contribution < -0.4 is 5.56 Å². The summed E-state index contributed by atoms with van der Waals surface area (Å²) in [6, 6.07) is 20.6. The van der Waals surface area contributed by atoms with Crippen LogP contribution in [0.3, 0.4) is 0 Å². The number of sulfonamides is 1. The van der Waals surface area contributed by atoms with Crippen LogP contribution in [-0.4, -0.2) is 28.8 Å². The van der Waals surface area contributed by atoms with E-state index in [4.69, 9.17) is 4.98 Å². The zero-order valence-corrected chi connectivity index (χ0v) is 22.5. The van der Waals surface area contributed by atoms with E-state index in [0.29, 0.717) is 22.4 Å². The highest BCUT2D eigenvalue weighted by molar-refractivity contribution is 9.10. The minimum atomic E-state index is -3.86. The monoisotopic (exact) mass is 553 g/mol. The van der Waals surface area contributed by atoms with Crippen LogP contribution >= 0.6 is 15.9 Å². The number of benzene rings is 3. The van der Waals surface area contributed by atoms with Gasteiger partial charge >= 0.3 is 0 Å². The van der Waals surface area contributed by atoms with Gasteiger partial charge in [-0.1, -0.05) is 59.6 Å². The van der Waals surface area contributed by atoms with Crippen LogP contribution in [0.1, 0.15) is 38.2 Å². The number of halogens is 1. The molecule has 0 aliphatic rings. The Morgan fingerprint density at radius 2 is 1.57 bits per heavy atom. The first-order valence-corrected chi connectivity index (χ1v) is 13.7. The van der Waals surface area contributed by atoms with E-state index in [2.05, 4.69) is 15.9 Å². The summed E-state index contributed by atoms with van der Waals surface area (Å²) in [4.78, 5) is 18.7. The maximum absolute atomic E-state index is 13.8. The van der Waals surface area contributed by atoms with Gasteiger partial charge in [0.15, 0.2) is 0 Å². The second-order valence-corrected chi connectivity index (χ2v) is 11.9. The van der Waals surface area contributed by atoms with Crippen molar-refractivity contribution < 1.29 is 8.42 Å². The van der Waals surface area contributed by atoms with E-state index < -0.39 is 16.1 Å². The number of aromatic nitrogens is 2. The largest absolute Gasteiger partial charge is 0.268 e. The van der Waals surface area contributed by atoms with E-state index in [1.807, 2.05) is 51.1 Å². The van der Waals surface area contributed by atoms with Crippen LogP contribution in [-0.2, 0) is 10.0 Å². The molecule has 8 heteroatoms. The molecule has 4 rings (SSSR count). The van der Waals surface area contributed by atoms with Gasteiger partial charge in [-0.2, -0.15) is 4.31 Å². The summed E-state index contributed by atoms with van der Waals surface area (Å²) in [7, 11) is -3.86. The third kappa shape index (κ3) is 5.10. The zero-order valence-electron chi connectivity index (χ0n) is 20.1. The molecule has 1 aromatic heterocycles. The molecule has 0 aliphatic carbocycles. The molecule has 0 saturated carbocycles. The minimum Gasteiger partial charge on any atom is -0.268 e. The first-order valence-electron chi connectivity index (χ1n) is 11.5. The van der Waals surface area contributed by atoms with Gasteiger partial charge in [-0.15, -0.1) is 0 Å². The molecule has 1 unspecified atom stereocenters. The third-order valence-corrected chi connectivity index (χ3v) is 8.34. The predicted molar refractivity (Wildman–Crippen MR) is 143 cm³/mol. The molecular formula is C27H28BrN3O3S. The number of fused-ring (bicyclic) bond motifs is 1. The number of rotatable bonds is 7. The molecule has 0 N–H and O–H groups in total. The summed E-state index contributed by atoms with van der Waals surface area (Å²) < 4.78 is 31.5. The van der Waals surface area contributed by atoms with E-state index in [1.165, 1.54) is 8.87 Å². The van der Waals surface area contributed by atoms with Gasteiger partial charge in [0.1, 0.15) is 5.82 Å². The maximum atomic E-state index is 13.8. The molecule has 0 aliphatic heterocycles. The van der Waals surface area contributed by atoms with E-state index in [1.54, 1.807) is 49.4 Å². The molecule has 1 atom stereocenters. The van der Waals surface area contributed by atoms with Gasteiger partial charge in [0.05, 0.1) is 27.5 Å². The van der Waals surface area contributed by atoms with Gasteiger partial charge in [-0.3, -0.25) is 9.36 Å². The van der Waals surface area contributed by atoms with Gasteiger partial charge in [0.25, 0.3) is 5.56 Å². The second-order valence-electron chi connectivity index (χ2n) is 9.06. The normalized spacial score (nSPS) is 13.0. The summed E-state index contributed by atoms with van der Waals surface area (Å²) in [5.74, 6) is 0.429. The Labute approximate surface area is 214 Å². The van der Waals surface area contributed by atoms with E-state index in [9.17, 15) is 13.2 Å². The van der Waals surface area contributed by atoms with Crippen molar-refractivity contribution in [2.75, 3.05) is 6.54 Å². The summed E-state index contributed by atoms with van der Waals surface area (Å²) in [6.07, 6.45) is 0. The number of hydrogen-bond donors (Lipinski definition) is 0. The predicted octanol–water partition coefficient (Wildman–Crippen LogP) is 5.86. The summed E-state index contributed by atoms with van der Waals surface area (Å²) in [5.41, 5.74) is 1.89. The highest BCUT2D eigenvalue weighted by Gasteiger charge is 2.33. The molecule has 182 valence electrons.